The molecule has 0 saturated carbocycles. The fourth-order valence-corrected chi connectivity index (χ4v) is 5.20. The van der Waals surface area contributed by atoms with Gasteiger partial charge in [-0.15, -0.1) is 11.3 Å². The second-order valence-corrected chi connectivity index (χ2v) is 8.10. The summed E-state index contributed by atoms with van der Waals surface area (Å²) in [4.78, 5) is 22.4. The first kappa shape index (κ1) is 16.1. The standard InChI is InChI=1S/C18H26N4OS/c1-21-17(23)15-13-7-3-4-8-14(13)24-16(15)20-18(21)19-9-12-22-10-5-2-6-11-22/h2-12H2,1H3,(H,19,20). The van der Waals surface area contributed by atoms with Gasteiger partial charge in [0.2, 0.25) is 5.95 Å². The van der Waals surface area contributed by atoms with E-state index in [4.69, 9.17) is 4.98 Å². The number of aryl methyl sites for hydroxylation is 2. The van der Waals surface area contributed by atoms with E-state index in [9.17, 15) is 4.79 Å². The third-order valence-electron chi connectivity index (χ3n) is 5.36. The molecule has 0 amide bonds. The second kappa shape index (κ2) is 6.84. The van der Waals surface area contributed by atoms with Crippen molar-refractivity contribution in [3.8, 4) is 0 Å². The number of hydrogen-bond acceptors (Lipinski definition) is 5. The van der Waals surface area contributed by atoms with Crippen LogP contribution in [0.25, 0.3) is 10.2 Å². The van der Waals surface area contributed by atoms with Crippen LogP contribution >= 0.6 is 11.3 Å². The SMILES string of the molecule is Cn1c(NCCN2CCCCC2)nc2sc3c(c2c1=O)CCCC3. The van der Waals surface area contributed by atoms with Crippen LogP contribution in [0.5, 0.6) is 0 Å². The number of nitrogens with zero attached hydrogens (tertiary/aromatic N) is 3. The van der Waals surface area contributed by atoms with E-state index in [2.05, 4.69) is 10.2 Å². The quantitative estimate of drug-likeness (QED) is 0.925. The van der Waals surface area contributed by atoms with Gasteiger partial charge in [-0.1, -0.05) is 6.42 Å². The predicted molar refractivity (Wildman–Crippen MR) is 100 cm³/mol. The lowest BCUT2D eigenvalue weighted by molar-refractivity contribution is 0.237. The summed E-state index contributed by atoms with van der Waals surface area (Å²) < 4.78 is 1.69. The largest absolute Gasteiger partial charge is 0.354 e. The highest BCUT2D eigenvalue weighted by Crippen LogP contribution is 2.34. The van der Waals surface area contributed by atoms with E-state index in [0.29, 0.717) is 5.95 Å². The second-order valence-electron chi connectivity index (χ2n) is 7.02. The molecule has 24 heavy (non-hydrogen) atoms. The minimum absolute atomic E-state index is 0.111. The minimum atomic E-state index is 0.111. The number of rotatable bonds is 4. The van der Waals surface area contributed by atoms with Crippen molar-refractivity contribution in [2.24, 2.45) is 7.05 Å². The number of fused-ring (bicyclic) bond motifs is 3. The van der Waals surface area contributed by atoms with Gasteiger partial charge in [-0.25, -0.2) is 4.98 Å². The van der Waals surface area contributed by atoms with Crippen LogP contribution in [-0.2, 0) is 19.9 Å². The lowest BCUT2D eigenvalue weighted by Crippen LogP contribution is -2.34. The summed E-state index contributed by atoms with van der Waals surface area (Å²) >= 11 is 1.72. The lowest BCUT2D eigenvalue weighted by Gasteiger charge is -2.26. The van der Waals surface area contributed by atoms with Gasteiger partial charge in [0, 0.05) is 25.0 Å². The summed E-state index contributed by atoms with van der Waals surface area (Å²) in [7, 11) is 1.84. The maximum Gasteiger partial charge on any atom is 0.263 e. The average Bonchev–Trinajstić information content (AvgIpc) is 2.98. The molecule has 0 aromatic carbocycles. The van der Waals surface area contributed by atoms with Gasteiger partial charge >= 0.3 is 0 Å². The highest BCUT2D eigenvalue weighted by Gasteiger charge is 2.21. The van der Waals surface area contributed by atoms with E-state index >= 15 is 0 Å². The zero-order valence-electron chi connectivity index (χ0n) is 14.4. The summed E-state index contributed by atoms with van der Waals surface area (Å²) in [5, 5.41) is 4.26. The Kier molecular flexibility index (Phi) is 4.59. The first-order valence-electron chi connectivity index (χ1n) is 9.21. The van der Waals surface area contributed by atoms with Crippen LogP contribution in [0, 0.1) is 0 Å². The molecule has 1 N–H and O–H groups in total. The van der Waals surface area contributed by atoms with Gasteiger partial charge in [0.25, 0.3) is 5.56 Å². The molecule has 1 saturated heterocycles. The van der Waals surface area contributed by atoms with E-state index in [1.807, 2.05) is 7.05 Å². The van der Waals surface area contributed by atoms with Crippen molar-refractivity contribution >= 4 is 27.5 Å². The minimum Gasteiger partial charge on any atom is -0.354 e. The molecule has 130 valence electrons. The highest BCUT2D eigenvalue weighted by molar-refractivity contribution is 7.18. The Balaban J connectivity index is 1.55. The van der Waals surface area contributed by atoms with Crippen LogP contribution in [-0.4, -0.2) is 40.6 Å². The Morgan fingerprint density at radius 2 is 1.92 bits per heavy atom. The molecule has 1 aliphatic heterocycles. The molecule has 0 bridgehead atoms. The maximum atomic E-state index is 12.8. The van der Waals surface area contributed by atoms with Crippen molar-refractivity contribution in [2.45, 2.75) is 44.9 Å². The summed E-state index contributed by atoms with van der Waals surface area (Å²) in [5.74, 6) is 0.711. The fourth-order valence-electron chi connectivity index (χ4n) is 3.95. The van der Waals surface area contributed by atoms with Crippen molar-refractivity contribution in [3.05, 3.63) is 20.8 Å². The summed E-state index contributed by atoms with van der Waals surface area (Å²) in [6, 6.07) is 0. The number of aromatic nitrogens is 2. The number of thiophene rings is 1. The molecule has 4 rings (SSSR count). The van der Waals surface area contributed by atoms with Gasteiger partial charge in [0.05, 0.1) is 5.39 Å². The monoisotopic (exact) mass is 346 g/mol. The number of nitrogens with one attached hydrogen (secondary N) is 1. The van der Waals surface area contributed by atoms with Gasteiger partial charge in [-0.3, -0.25) is 9.36 Å². The van der Waals surface area contributed by atoms with Crippen LogP contribution in [0.3, 0.4) is 0 Å². The van der Waals surface area contributed by atoms with Crippen molar-refractivity contribution < 1.29 is 0 Å². The van der Waals surface area contributed by atoms with Crippen molar-refractivity contribution in [2.75, 3.05) is 31.5 Å². The third-order valence-corrected chi connectivity index (χ3v) is 6.54. The van der Waals surface area contributed by atoms with Crippen molar-refractivity contribution in [3.63, 3.8) is 0 Å². The molecule has 0 radical (unpaired) electrons. The molecule has 1 fully saturated rings. The number of piperidine rings is 1. The molecule has 2 aromatic heterocycles. The molecular weight excluding hydrogens is 320 g/mol. The van der Waals surface area contributed by atoms with E-state index in [1.165, 1.54) is 55.6 Å². The zero-order chi connectivity index (χ0) is 16.5. The maximum absolute atomic E-state index is 12.8. The first-order valence-corrected chi connectivity index (χ1v) is 10.0. The number of likely N-dealkylation sites (tertiary alicyclic amines) is 1. The number of anilines is 1. The molecule has 2 aromatic rings. The topological polar surface area (TPSA) is 50.2 Å². The smallest absolute Gasteiger partial charge is 0.263 e. The molecule has 2 aliphatic rings. The van der Waals surface area contributed by atoms with E-state index in [1.54, 1.807) is 15.9 Å². The van der Waals surface area contributed by atoms with Crippen LogP contribution in [0.4, 0.5) is 5.95 Å². The highest BCUT2D eigenvalue weighted by atomic mass is 32.1. The molecular formula is C18H26N4OS. The Labute approximate surface area is 146 Å². The third kappa shape index (κ3) is 2.97. The van der Waals surface area contributed by atoms with Gasteiger partial charge in [0.1, 0.15) is 4.83 Å². The first-order chi connectivity index (χ1) is 11.7. The molecule has 1 aliphatic carbocycles. The summed E-state index contributed by atoms with van der Waals surface area (Å²) in [6.07, 6.45) is 8.55. The summed E-state index contributed by atoms with van der Waals surface area (Å²) in [6.45, 7) is 4.27. The lowest BCUT2D eigenvalue weighted by atomic mass is 9.97. The van der Waals surface area contributed by atoms with Gasteiger partial charge in [-0.2, -0.15) is 0 Å². The molecule has 3 heterocycles. The molecule has 5 nitrogen and oxygen atoms in total. The van der Waals surface area contributed by atoms with Crippen LogP contribution < -0.4 is 10.9 Å². The van der Waals surface area contributed by atoms with Gasteiger partial charge < -0.3 is 10.2 Å². The Hall–Kier alpha value is -1.40. The van der Waals surface area contributed by atoms with Crippen molar-refractivity contribution in [1.82, 2.24) is 14.5 Å². The van der Waals surface area contributed by atoms with E-state index in [-0.39, 0.29) is 5.56 Å². The van der Waals surface area contributed by atoms with E-state index < -0.39 is 0 Å². The number of hydrogen-bond donors (Lipinski definition) is 1. The zero-order valence-corrected chi connectivity index (χ0v) is 15.3. The molecule has 0 atom stereocenters. The normalized spacial score (nSPS) is 18.7. The molecule has 0 unspecified atom stereocenters. The van der Waals surface area contributed by atoms with Crippen molar-refractivity contribution in [1.29, 1.82) is 0 Å². The Bertz CT molecular complexity index is 788. The van der Waals surface area contributed by atoms with Crippen LogP contribution in [0.2, 0.25) is 0 Å². The van der Waals surface area contributed by atoms with Gasteiger partial charge in [-0.05, 0) is 57.2 Å². The fraction of sp³-hybridized carbons (Fsp3) is 0.667. The van der Waals surface area contributed by atoms with E-state index in [0.717, 1.165) is 36.1 Å². The molecule has 0 spiro atoms. The molecule has 6 heteroatoms. The average molecular weight is 347 g/mol. The van der Waals surface area contributed by atoms with Gasteiger partial charge in [0.15, 0.2) is 0 Å². The van der Waals surface area contributed by atoms with Crippen LogP contribution in [0.15, 0.2) is 4.79 Å². The Morgan fingerprint density at radius 3 is 2.75 bits per heavy atom. The predicted octanol–water partition coefficient (Wildman–Crippen LogP) is 2.77. The van der Waals surface area contributed by atoms with Crippen LogP contribution in [0.1, 0.15) is 42.5 Å². The summed E-state index contributed by atoms with van der Waals surface area (Å²) in [5.41, 5.74) is 1.38. The Morgan fingerprint density at radius 1 is 1.12 bits per heavy atom.